The number of ether oxygens (including phenoxy) is 3. The number of morpholine rings is 1. The van der Waals surface area contributed by atoms with Gasteiger partial charge in [0.15, 0.2) is 11.9 Å². The minimum atomic E-state index is -0.667. The van der Waals surface area contributed by atoms with E-state index in [9.17, 15) is 4.79 Å². The number of aromatic nitrogens is 2. The van der Waals surface area contributed by atoms with Crippen molar-refractivity contribution in [1.82, 2.24) is 10.2 Å². The predicted octanol–water partition coefficient (Wildman–Crippen LogP) is 3.39. The first kappa shape index (κ1) is 21.6. The number of carbonyl (C=O) groups is 1. The molecule has 0 saturated carbocycles. The van der Waals surface area contributed by atoms with Crippen LogP contribution in [-0.2, 0) is 9.53 Å². The van der Waals surface area contributed by atoms with Crippen molar-refractivity contribution in [3.8, 4) is 22.8 Å². The molecule has 166 valence electrons. The number of carbonyl (C=O) groups excluding carboxylic acids is 1. The van der Waals surface area contributed by atoms with E-state index < -0.39 is 6.10 Å². The van der Waals surface area contributed by atoms with E-state index in [1.807, 2.05) is 36.4 Å². The molecule has 1 unspecified atom stereocenters. The van der Waals surface area contributed by atoms with E-state index in [0.717, 1.165) is 35.9 Å². The molecule has 1 atom stereocenters. The predicted molar refractivity (Wildman–Crippen MR) is 122 cm³/mol. The summed E-state index contributed by atoms with van der Waals surface area (Å²) in [5.41, 5.74) is 2.27. The van der Waals surface area contributed by atoms with Gasteiger partial charge in [0, 0.05) is 24.3 Å². The highest BCUT2D eigenvalue weighted by molar-refractivity contribution is 5.94. The third-order valence-corrected chi connectivity index (χ3v) is 5.15. The standard InChI is InChI=1S/C24H26N4O4/c1-17(32-21-8-6-20(30-2)7-9-21)24(29)25-19-5-3-4-18(16-19)22-10-11-23(27-26-22)28-12-14-31-15-13-28/h3-11,16-17H,12-15H2,1-2H3,(H,25,29). The number of hydrogen-bond acceptors (Lipinski definition) is 7. The van der Waals surface area contributed by atoms with Crippen molar-refractivity contribution in [2.45, 2.75) is 13.0 Å². The van der Waals surface area contributed by atoms with Crippen LogP contribution in [0.3, 0.4) is 0 Å². The molecule has 0 bridgehead atoms. The number of anilines is 2. The van der Waals surface area contributed by atoms with Crippen LogP contribution >= 0.6 is 0 Å². The van der Waals surface area contributed by atoms with Crippen LogP contribution in [0.2, 0.25) is 0 Å². The number of rotatable bonds is 7. The van der Waals surface area contributed by atoms with Gasteiger partial charge in [-0.2, -0.15) is 0 Å². The summed E-state index contributed by atoms with van der Waals surface area (Å²) in [5, 5.41) is 11.6. The summed E-state index contributed by atoms with van der Waals surface area (Å²) in [6.07, 6.45) is -0.667. The monoisotopic (exact) mass is 434 g/mol. The van der Waals surface area contributed by atoms with Crippen LogP contribution in [0.1, 0.15) is 6.92 Å². The van der Waals surface area contributed by atoms with E-state index in [4.69, 9.17) is 14.2 Å². The first-order valence-corrected chi connectivity index (χ1v) is 10.5. The lowest BCUT2D eigenvalue weighted by atomic mass is 10.1. The Balaban J connectivity index is 1.39. The maximum atomic E-state index is 12.6. The maximum Gasteiger partial charge on any atom is 0.265 e. The molecule has 0 spiro atoms. The van der Waals surface area contributed by atoms with Gasteiger partial charge in [0.2, 0.25) is 0 Å². The van der Waals surface area contributed by atoms with E-state index in [2.05, 4.69) is 20.4 Å². The molecule has 0 radical (unpaired) electrons. The Labute approximate surface area is 187 Å². The number of methoxy groups -OCH3 is 1. The first-order chi connectivity index (χ1) is 15.6. The summed E-state index contributed by atoms with van der Waals surface area (Å²) in [6.45, 7) is 4.73. The van der Waals surface area contributed by atoms with Crippen molar-refractivity contribution in [3.63, 3.8) is 0 Å². The van der Waals surface area contributed by atoms with E-state index >= 15 is 0 Å². The van der Waals surface area contributed by atoms with Crippen LogP contribution in [0.4, 0.5) is 11.5 Å². The van der Waals surface area contributed by atoms with Gasteiger partial charge in [-0.1, -0.05) is 12.1 Å². The lowest BCUT2D eigenvalue weighted by Crippen LogP contribution is -2.36. The topological polar surface area (TPSA) is 85.8 Å². The van der Waals surface area contributed by atoms with Gasteiger partial charge >= 0.3 is 0 Å². The summed E-state index contributed by atoms with van der Waals surface area (Å²) in [4.78, 5) is 14.8. The van der Waals surface area contributed by atoms with E-state index in [1.165, 1.54) is 0 Å². The summed E-state index contributed by atoms with van der Waals surface area (Å²) in [6, 6.07) is 18.5. The van der Waals surface area contributed by atoms with Crippen molar-refractivity contribution >= 4 is 17.4 Å². The fourth-order valence-corrected chi connectivity index (χ4v) is 3.35. The van der Waals surface area contributed by atoms with Crippen molar-refractivity contribution < 1.29 is 19.0 Å². The smallest absolute Gasteiger partial charge is 0.265 e. The Morgan fingerprint density at radius 3 is 2.47 bits per heavy atom. The maximum absolute atomic E-state index is 12.6. The van der Waals surface area contributed by atoms with E-state index in [0.29, 0.717) is 24.7 Å². The van der Waals surface area contributed by atoms with Crippen LogP contribution in [0.5, 0.6) is 11.5 Å². The molecule has 1 aromatic heterocycles. The molecule has 1 aliphatic rings. The lowest BCUT2D eigenvalue weighted by molar-refractivity contribution is -0.122. The van der Waals surface area contributed by atoms with Crippen molar-refractivity contribution in [2.24, 2.45) is 0 Å². The molecular formula is C24H26N4O4. The molecule has 1 fully saturated rings. The zero-order chi connectivity index (χ0) is 22.3. The van der Waals surface area contributed by atoms with Crippen LogP contribution < -0.4 is 19.7 Å². The van der Waals surface area contributed by atoms with Crippen molar-refractivity contribution in [1.29, 1.82) is 0 Å². The molecule has 8 nitrogen and oxygen atoms in total. The highest BCUT2D eigenvalue weighted by Crippen LogP contribution is 2.23. The van der Waals surface area contributed by atoms with Crippen LogP contribution in [0.15, 0.2) is 60.7 Å². The molecular weight excluding hydrogens is 408 g/mol. The van der Waals surface area contributed by atoms with Crippen LogP contribution in [0, 0.1) is 0 Å². The molecule has 4 rings (SSSR count). The zero-order valence-electron chi connectivity index (χ0n) is 18.2. The number of hydrogen-bond donors (Lipinski definition) is 1. The first-order valence-electron chi connectivity index (χ1n) is 10.5. The SMILES string of the molecule is COc1ccc(OC(C)C(=O)Nc2cccc(-c3ccc(N4CCOCC4)nn3)c2)cc1. The second-order valence-electron chi connectivity index (χ2n) is 7.38. The Bertz CT molecular complexity index is 1030. The molecule has 1 N–H and O–H groups in total. The van der Waals surface area contributed by atoms with E-state index in [-0.39, 0.29) is 5.91 Å². The molecule has 1 aliphatic heterocycles. The van der Waals surface area contributed by atoms with Crippen molar-refractivity contribution in [2.75, 3.05) is 43.6 Å². The average molecular weight is 434 g/mol. The second-order valence-corrected chi connectivity index (χ2v) is 7.38. The highest BCUT2D eigenvalue weighted by Gasteiger charge is 2.16. The van der Waals surface area contributed by atoms with Crippen LogP contribution in [0.25, 0.3) is 11.3 Å². The molecule has 1 amide bonds. The average Bonchev–Trinajstić information content (AvgIpc) is 2.85. The fourth-order valence-electron chi connectivity index (χ4n) is 3.35. The van der Waals surface area contributed by atoms with E-state index in [1.54, 1.807) is 38.3 Å². The van der Waals surface area contributed by atoms with Gasteiger partial charge in [0.05, 0.1) is 26.0 Å². The Morgan fingerprint density at radius 1 is 1.03 bits per heavy atom. The molecule has 8 heteroatoms. The van der Waals surface area contributed by atoms with Gasteiger partial charge in [-0.05, 0) is 55.5 Å². The normalized spacial score (nSPS) is 14.5. The Morgan fingerprint density at radius 2 is 1.78 bits per heavy atom. The fraction of sp³-hybridized carbons (Fsp3) is 0.292. The molecule has 1 saturated heterocycles. The molecule has 0 aliphatic carbocycles. The summed E-state index contributed by atoms with van der Waals surface area (Å²) in [7, 11) is 1.60. The summed E-state index contributed by atoms with van der Waals surface area (Å²) < 4.78 is 16.2. The van der Waals surface area contributed by atoms with Gasteiger partial charge in [0.1, 0.15) is 11.5 Å². The molecule has 2 aromatic carbocycles. The second kappa shape index (κ2) is 10.1. The minimum Gasteiger partial charge on any atom is -0.497 e. The molecule has 3 aromatic rings. The van der Waals surface area contributed by atoms with Gasteiger partial charge in [-0.25, -0.2) is 0 Å². The molecule has 32 heavy (non-hydrogen) atoms. The lowest BCUT2D eigenvalue weighted by Gasteiger charge is -2.27. The number of nitrogens with zero attached hydrogens (tertiary/aromatic N) is 3. The van der Waals surface area contributed by atoms with Crippen molar-refractivity contribution in [3.05, 3.63) is 60.7 Å². The summed E-state index contributed by atoms with van der Waals surface area (Å²) >= 11 is 0. The highest BCUT2D eigenvalue weighted by atomic mass is 16.5. The Kier molecular flexibility index (Phi) is 6.81. The van der Waals surface area contributed by atoms with Gasteiger partial charge in [0.25, 0.3) is 5.91 Å². The quantitative estimate of drug-likeness (QED) is 0.610. The molecule has 2 heterocycles. The van der Waals surface area contributed by atoms with Gasteiger partial charge < -0.3 is 24.4 Å². The third-order valence-electron chi connectivity index (χ3n) is 5.15. The van der Waals surface area contributed by atoms with Gasteiger partial charge in [-0.3, -0.25) is 4.79 Å². The summed E-state index contributed by atoms with van der Waals surface area (Å²) in [5.74, 6) is 1.92. The van der Waals surface area contributed by atoms with Crippen LogP contribution in [-0.4, -0.2) is 55.6 Å². The number of benzene rings is 2. The Hall–Kier alpha value is -3.65. The van der Waals surface area contributed by atoms with Gasteiger partial charge in [-0.15, -0.1) is 10.2 Å². The minimum absolute atomic E-state index is 0.244. The largest absolute Gasteiger partial charge is 0.497 e. The number of amides is 1. The third kappa shape index (κ3) is 5.33. The zero-order valence-corrected chi connectivity index (χ0v) is 18.2. The number of nitrogens with one attached hydrogen (secondary N) is 1.